The van der Waals surface area contributed by atoms with Crippen LogP contribution in [0.15, 0.2) is 11.8 Å². The third-order valence-corrected chi connectivity index (χ3v) is 2.11. The Kier molecular flexibility index (Phi) is 6.00. The predicted molar refractivity (Wildman–Crippen MR) is 51.6 cm³/mol. The van der Waals surface area contributed by atoms with Gasteiger partial charge in [-0.05, 0) is 32.4 Å². The lowest BCUT2D eigenvalue weighted by Gasteiger charge is -2.12. The van der Waals surface area contributed by atoms with E-state index < -0.39 is 0 Å². The van der Waals surface area contributed by atoms with Gasteiger partial charge >= 0.3 is 0 Å². The topological polar surface area (TPSA) is 12.0 Å². The molecule has 0 amide bonds. The molecule has 0 aliphatic carbocycles. The summed E-state index contributed by atoms with van der Waals surface area (Å²) in [6, 6.07) is 0.663. The summed E-state index contributed by atoms with van der Waals surface area (Å²) in [6.07, 6.45) is 5.72. The molecule has 0 rings (SSSR count). The van der Waals surface area contributed by atoms with E-state index in [1.807, 2.05) is 0 Å². The molecule has 0 heterocycles. The lowest BCUT2D eigenvalue weighted by Crippen LogP contribution is -2.22. The minimum Gasteiger partial charge on any atom is -0.388 e. The Labute approximate surface area is 70.9 Å². The fourth-order valence-electron chi connectivity index (χ4n) is 0.887. The molecule has 1 N–H and O–H groups in total. The number of rotatable bonds is 5. The third-order valence-electron chi connectivity index (χ3n) is 2.11. The Morgan fingerprint density at radius 3 is 2.18 bits per heavy atom. The van der Waals surface area contributed by atoms with E-state index in [0.29, 0.717) is 6.04 Å². The lowest BCUT2D eigenvalue weighted by atomic mass is 10.2. The van der Waals surface area contributed by atoms with Crippen molar-refractivity contribution >= 4 is 0 Å². The van der Waals surface area contributed by atoms with Crippen LogP contribution in [0.3, 0.4) is 0 Å². The normalized spacial score (nSPS) is 12.3. The fraction of sp³-hybridized carbons (Fsp3) is 0.800. The van der Waals surface area contributed by atoms with Crippen molar-refractivity contribution in [1.82, 2.24) is 5.32 Å². The van der Waals surface area contributed by atoms with Gasteiger partial charge in [-0.25, -0.2) is 0 Å². The summed E-state index contributed by atoms with van der Waals surface area (Å²) in [4.78, 5) is 0. The average Bonchev–Trinajstić information content (AvgIpc) is 2.06. The highest BCUT2D eigenvalue weighted by Crippen LogP contribution is 1.99. The van der Waals surface area contributed by atoms with Crippen LogP contribution in [-0.4, -0.2) is 6.04 Å². The highest BCUT2D eigenvalue weighted by atomic mass is 14.9. The zero-order valence-corrected chi connectivity index (χ0v) is 8.28. The van der Waals surface area contributed by atoms with Crippen molar-refractivity contribution < 1.29 is 0 Å². The Hall–Kier alpha value is -0.460. The second-order valence-electron chi connectivity index (χ2n) is 3.02. The van der Waals surface area contributed by atoms with Crippen molar-refractivity contribution in [3.8, 4) is 0 Å². The molecule has 0 aliphatic heterocycles. The molecular weight excluding hydrogens is 134 g/mol. The molecule has 0 saturated heterocycles. The molecule has 0 radical (unpaired) electrons. The minimum atomic E-state index is 0.663. The quantitative estimate of drug-likeness (QED) is 0.643. The molecule has 0 aliphatic rings. The first-order chi connectivity index (χ1) is 5.24. The second kappa shape index (κ2) is 6.26. The fourth-order valence-corrected chi connectivity index (χ4v) is 0.887. The summed E-state index contributed by atoms with van der Waals surface area (Å²) in [6.45, 7) is 8.78. The van der Waals surface area contributed by atoms with Gasteiger partial charge in [-0.1, -0.05) is 26.3 Å². The second-order valence-corrected chi connectivity index (χ2v) is 3.02. The molecule has 0 unspecified atom stereocenters. The summed E-state index contributed by atoms with van der Waals surface area (Å²) < 4.78 is 0. The highest BCUT2D eigenvalue weighted by molar-refractivity contribution is 4.95. The Bertz CT molecular complexity index is 112. The van der Waals surface area contributed by atoms with E-state index in [9.17, 15) is 0 Å². The van der Waals surface area contributed by atoms with Crippen LogP contribution in [0.2, 0.25) is 0 Å². The molecule has 66 valence electrons. The van der Waals surface area contributed by atoms with E-state index in [2.05, 4.69) is 39.2 Å². The van der Waals surface area contributed by atoms with Gasteiger partial charge in [-0.2, -0.15) is 0 Å². The summed E-state index contributed by atoms with van der Waals surface area (Å²) in [5.74, 6) is 0. The molecule has 0 aromatic heterocycles. The van der Waals surface area contributed by atoms with Gasteiger partial charge in [0, 0.05) is 6.04 Å². The summed E-state index contributed by atoms with van der Waals surface area (Å²) in [7, 11) is 0. The van der Waals surface area contributed by atoms with E-state index >= 15 is 0 Å². The predicted octanol–water partition coefficient (Wildman–Crippen LogP) is 3.08. The zero-order valence-electron chi connectivity index (χ0n) is 8.28. The lowest BCUT2D eigenvalue weighted by molar-refractivity contribution is 0.549. The first-order valence-corrected chi connectivity index (χ1v) is 4.66. The Morgan fingerprint density at radius 1 is 1.27 bits per heavy atom. The number of allylic oxidation sites excluding steroid dienone is 1. The van der Waals surface area contributed by atoms with Crippen LogP contribution in [0.5, 0.6) is 0 Å². The minimum absolute atomic E-state index is 0.663. The van der Waals surface area contributed by atoms with E-state index in [1.54, 1.807) is 0 Å². The van der Waals surface area contributed by atoms with Crippen molar-refractivity contribution in [2.45, 2.75) is 53.0 Å². The SMILES string of the molecule is CC/C(C)=C\NC(CC)CC. The molecule has 11 heavy (non-hydrogen) atoms. The van der Waals surface area contributed by atoms with Crippen LogP contribution in [0.1, 0.15) is 47.0 Å². The summed E-state index contributed by atoms with van der Waals surface area (Å²) in [5.41, 5.74) is 1.43. The first-order valence-electron chi connectivity index (χ1n) is 4.66. The third kappa shape index (κ3) is 4.88. The molecule has 0 spiro atoms. The molecule has 0 bridgehead atoms. The molecular formula is C10H21N. The van der Waals surface area contributed by atoms with E-state index in [-0.39, 0.29) is 0 Å². The van der Waals surface area contributed by atoms with Gasteiger partial charge in [0.2, 0.25) is 0 Å². The van der Waals surface area contributed by atoms with Crippen molar-refractivity contribution in [2.24, 2.45) is 0 Å². The van der Waals surface area contributed by atoms with Crippen LogP contribution in [0.25, 0.3) is 0 Å². The van der Waals surface area contributed by atoms with Crippen molar-refractivity contribution in [2.75, 3.05) is 0 Å². The van der Waals surface area contributed by atoms with Crippen LogP contribution < -0.4 is 5.32 Å². The standard InChI is InChI=1S/C10H21N/c1-5-9(4)8-11-10(6-2)7-3/h8,10-11H,5-7H2,1-4H3/b9-8-. The molecule has 1 nitrogen and oxygen atoms in total. The molecule has 0 atom stereocenters. The maximum absolute atomic E-state index is 3.41. The summed E-state index contributed by atoms with van der Waals surface area (Å²) >= 11 is 0. The van der Waals surface area contributed by atoms with Gasteiger partial charge in [0.05, 0.1) is 0 Å². The van der Waals surface area contributed by atoms with Gasteiger partial charge in [0.25, 0.3) is 0 Å². The largest absolute Gasteiger partial charge is 0.388 e. The maximum Gasteiger partial charge on any atom is 0.0250 e. The monoisotopic (exact) mass is 155 g/mol. The van der Waals surface area contributed by atoms with Gasteiger partial charge in [0.15, 0.2) is 0 Å². The van der Waals surface area contributed by atoms with Gasteiger partial charge in [-0.3, -0.25) is 0 Å². The van der Waals surface area contributed by atoms with E-state index in [1.165, 1.54) is 18.4 Å². The van der Waals surface area contributed by atoms with Crippen molar-refractivity contribution in [3.63, 3.8) is 0 Å². The van der Waals surface area contributed by atoms with E-state index in [4.69, 9.17) is 0 Å². The molecule has 0 aromatic rings. The van der Waals surface area contributed by atoms with Crippen LogP contribution >= 0.6 is 0 Å². The van der Waals surface area contributed by atoms with Crippen molar-refractivity contribution in [1.29, 1.82) is 0 Å². The van der Waals surface area contributed by atoms with Crippen LogP contribution in [-0.2, 0) is 0 Å². The Balaban J connectivity index is 3.65. The van der Waals surface area contributed by atoms with Crippen LogP contribution in [0.4, 0.5) is 0 Å². The molecule has 0 fully saturated rings. The van der Waals surface area contributed by atoms with E-state index in [0.717, 1.165) is 6.42 Å². The van der Waals surface area contributed by atoms with Crippen LogP contribution in [0, 0.1) is 0 Å². The summed E-state index contributed by atoms with van der Waals surface area (Å²) in [5, 5.41) is 3.41. The maximum atomic E-state index is 3.41. The molecule has 0 aromatic carbocycles. The first kappa shape index (κ1) is 10.5. The number of nitrogens with one attached hydrogen (secondary N) is 1. The average molecular weight is 155 g/mol. The number of hydrogen-bond donors (Lipinski definition) is 1. The van der Waals surface area contributed by atoms with Gasteiger partial charge in [0.1, 0.15) is 0 Å². The van der Waals surface area contributed by atoms with Crippen molar-refractivity contribution in [3.05, 3.63) is 11.8 Å². The smallest absolute Gasteiger partial charge is 0.0250 e. The van der Waals surface area contributed by atoms with Gasteiger partial charge < -0.3 is 5.32 Å². The number of hydrogen-bond acceptors (Lipinski definition) is 1. The highest BCUT2D eigenvalue weighted by Gasteiger charge is 1.97. The molecule has 0 saturated carbocycles. The molecule has 1 heteroatoms. The van der Waals surface area contributed by atoms with Gasteiger partial charge in [-0.15, -0.1) is 0 Å². The zero-order chi connectivity index (χ0) is 8.69. The Morgan fingerprint density at radius 2 is 1.82 bits per heavy atom.